The van der Waals surface area contributed by atoms with Gasteiger partial charge >= 0.3 is 0 Å². The summed E-state index contributed by atoms with van der Waals surface area (Å²) in [5, 5.41) is 6.91. The van der Waals surface area contributed by atoms with Gasteiger partial charge in [0.1, 0.15) is 0 Å². The number of rotatable bonds is 6. The van der Waals surface area contributed by atoms with Crippen LogP contribution in [0.2, 0.25) is 5.02 Å². The lowest BCUT2D eigenvalue weighted by molar-refractivity contribution is 0.102. The first-order valence-electron chi connectivity index (χ1n) is 8.41. The molecule has 0 atom stereocenters. The van der Waals surface area contributed by atoms with Crippen LogP contribution >= 0.6 is 11.6 Å². The van der Waals surface area contributed by atoms with E-state index >= 15 is 0 Å². The molecule has 0 radical (unpaired) electrons. The van der Waals surface area contributed by atoms with Gasteiger partial charge in [-0.1, -0.05) is 41.4 Å². The number of pyridine rings is 1. The fourth-order valence-electron chi connectivity index (χ4n) is 2.54. The summed E-state index contributed by atoms with van der Waals surface area (Å²) in [5.74, 6) is -0.181. The third kappa shape index (κ3) is 5.07. The minimum atomic E-state index is -0.181. The fourth-order valence-corrected chi connectivity index (χ4v) is 2.76. The zero-order valence-corrected chi connectivity index (χ0v) is 15.3. The summed E-state index contributed by atoms with van der Waals surface area (Å²) in [6.45, 7) is 2.74. The molecule has 3 rings (SSSR count). The zero-order valence-electron chi connectivity index (χ0n) is 14.5. The highest BCUT2D eigenvalue weighted by atomic mass is 35.5. The number of hydrogen-bond donors (Lipinski definition) is 2. The maximum atomic E-state index is 12.4. The van der Waals surface area contributed by atoms with Crippen LogP contribution in [0.15, 0.2) is 67.0 Å². The Hall–Kier alpha value is -2.85. The molecule has 5 heteroatoms. The number of nitrogens with one attached hydrogen (secondary N) is 2. The summed E-state index contributed by atoms with van der Waals surface area (Å²) in [4.78, 5) is 16.5. The molecule has 0 unspecified atom stereocenters. The molecule has 1 heterocycles. The largest absolute Gasteiger partial charge is 0.383 e. The Labute approximate surface area is 158 Å². The van der Waals surface area contributed by atoms with Crippen LogP contribution in [0.5, 0.6) is 0 Å². The Balaban J connectivity index is 1.58. The standard InChI is InChI=1S/C21H20ClN3O/c1-15-5-7-19(8-6-15)25-21(26)17-12-20(14-23-13-17)24-10-9-16-3-2-4-18(22)11-16/h2-8,11-14,24H,9-10H2,1H3,(H,25,26). The van der Waals surface area contributed by atoms with Crippen LogP contribution in [0.3, 0.4) is 0 Å². The second kappa shape index (κ2) is 8.50. The number of carbonyl (C=O) groups excluding carboxylic acids is 1. The molecule has 0 saturated carbocycles. The zero-order chi connectivity index (χ0) is 18.4. The summed E-state index contributed by atoms with van der Waals surface area (Å²) >= 11 is 6.00. The Morgan fingerprint density at radius 3 is 2.62 bits per heavy atom. The molecule has 0 aliphatic heterocycles. The molecule has 4 nitrogen and oxygen atoms in total. The Morgan fingerprint density at radius 1 is 1.04 bits per heavy atom. The predicted molar refractivity (Wildman–Crippen MR) is 107 cm³/mol. The highest BCUT2D eigenvalue weighted by molar-refractivity contribution is 6.30. The first kappa shape index (κ1) is 18.0. The summed E-state index contributed by atoms with van der Waals surface area (Å²) in [6, 6.07) is 17.3. The van der Waals surface area contributed by atoms with E-state index in [0.29, 0.717) is 5.56 Å². The lowest BCUT2D eigenvalue weighted by atomic mass is 10.1. The summed E-state index contributed by atoms with van der Waals surface area (Å²) < 4.78 is 0. The number of anilines is 2. The van der Waals surface area contributed by atoms with Gasteiger partial charge in [0.15, 0.2) is 0 Å². The summed E-state index contributed by atoms with van der Waals surface area (Å²) in [6.07, 6.45) is 4.10. The average Bonchev–Trinajstić information content (AvgIpc) is 2.64. The Bertz CT molecular complexity index is 894. The minimum absolute atomic E-state index is 0.181. The summed E-state index contributed by atoms with van der Waals surface area (Å²) in [7, 11) is 0. The lowest BCUT2D eigenvalue weighted by Gasteiger charge is -2.09. The van der Waals surface area contributed by atoms with E-state index in [1.165, 1.54) is 0 Å². The lowest BCUT2D eigenvalue weighted by Crippen LogP contribution is -2.13. The quantitative estimate of drug-likeness (QED) is 0.649. The number of aryl methyl sites for hydroxylation is 1. The van der Waals surface area contributed by atoms with Gasteiger partial charge in [-0.3, -0.25) is 9.78 Å². The van der Waals surface area contributed by atoms with Crippen molar-refractivity contribution in [1.29, 1.82) is 0 Å². The monoisotopic (exact) mass is 365 g/mol. The normalized spacial score (nSPS) is 10.4. The van der Waals surface area contributed by atoms with Crippen LogP contribution < -0.4 is 10.6 Å². The number of carbonyl (C=O) groups is 1. The van der Waals surface area contributed by atoms with Crippen molar-refractivity contribution >= 4 is 28.9 Å². The molecule has 26 heavy (non-hydrogen) atoms. The number of nitrogens with zero attached hydrogens (tertiary/aromatic N) is 1. The number of aromatic nitrogens is 1. The number of amides is 1. The molecule has 0 spiro atoms. The van der Waals surface area contributed by atoms with E-state index in [1.807, 2.05) is 55.5 Å². The van der Waals surface area contributed by atoms with Gasteiger partial charge in [-0.25, -0.2) is 0 Å². The van der Waals surface area contributed by atoms with Gasteiger partial charge in [-0.15, -0.1) is 0 Å². The third-order valence-electron chi connectivity index (χ3n) is 3.94. The van der Waals surface area contributed by atoms with Crippen molar-refractivity contribution in [3.63, 3.8) is 0 Å². The van der Waals surface area contributed by atoms with Gasteiger partial charge in [0.05, 0.1) is 11.3 Å². The van der Waals surface area contributed by atoms with E-state index in [4.69, 9.17) is 11.6 Å². The van der Waals surface area contributed by atoms with Gasteiger partial charge in [-0.05, 0) is 49.2 Å². The van der Waals surface area contributed by atoms with Crippen molar-refractivity contribution in [2.75, 3.05) is 17.2 Å². The molecule has 1 amide bonds. The molecule has 1 aromatic heterocycles. The second-order valence-corrected chi connectivity index (χ2v) is 6.53. The highest BCUT2D eigenvalue weighted by Crippen LogP contribution is 2.14. The average molecular weight is 366 g/mol. The summed E-state index contributed by atoms with van der Waals surface area (Å²) in [5.41, 5.74) is 4.39. The van der Waals surface area contributed by atoms with E-state index < -0.39 is 0 Å². The molecule has 0 bridgehead atoms. The van der Waals surface area contributed by atoms with Crippen LogP contribution in [-0.2, 0) is 6.42 Å². The molecular formula is C21H20ClN3O. The molecule has 0 aliphatic rings. The number of halogens is 1. The number of benzene rings is 2. The maximum absolute atomic E-state index is 12.4. The van der Waals surface area contributed by atoms with E-state index in [2.05, 4.69) is 15.6 Å². The van der Waals surface area contributed by atoms with Crippen molar-refractivity contribution in [3.8, 4) is 0 Å². The van der Waals surface area contributed by atoms with Crippen LogP contribution in [0, 0.1) is 6.92 Å². The van der Waals surface area contributed by atoms with Gasteiger partial charge in [0.25, 0.3) is 5.91 Å². The minimum Gasteiger partial charge on any atom is -0.383 e. The molecule has 132 valence electrons. The van der Waals surface area contributed by atoms with Gasteiger partial charge in [0.2, 0.25) is 0 Å². The molecule has 0 aliphatic carbocycles. The van der Waals surface area contributed by atoms with Crippen molar-refractivity contribution in [3.05, 3.63) is 88.7 Å². The van der Waals surface area contributed by atoms with Crippen LogP contribution in [-0.4, -0.2) is 17.4 Å². The Kier molecular flexibility index (Phi) is 5.87. The number of hydrogen-bond acceptors (Lipinski definition) is 3. The molecular weight excluding hydrogens is 346 g/mol. The van der Waals surface area contributed by atoms with E-state index in [-0.39, 0.29) is 5.91 Å². The second-order valence-electron chi connectivity index (χ2n) is 6.09. The van der Waals surface area contributed by atoms with Gasteiger partial charge in [-0.2, -0.15) is 0 Å². The predicted octanol–water partition coefficient (Wildman–Crippen LogP) is 4.95. The van der Waals surface area contributed by atoms with E-state index in [1.54, 1.807) is 18.5 Å². The molecule has 0 fully saturated rings. The molecule has 2 N–H and O–H groups in total. The van der Waals surface area contributed by atoms with Crippen LogP contribution in [0.25, 0.3) is 0 Å². The maximum Gasteiger partial charge on any atom is 0.257 e. The van der Waals surface area contributed by atoms with E-state index in [0.717, 1.165) is 40.5 Å². The van der Waals surface area contributed by atoms with Crippen LogP contribution in [0.4, 0.5) is 11.4 Å². The van der Waals surface area contributed by atoms with E-state index in [9.17, 15) is 4.79 Å². The van der Waals surface area contributed by atoms with Crippen molar-refractivity contribution in [1.82, 2.24) is 4.98 Å². The third-order valence-corrected chi connectivity index (χ3v) is 4.18. The van der Waals surface area contributed by atoms with Crippen LogP contribution in [0.1, 0.15) is 21.5 Å². The van der Waals surface area contributed by atoms with Gasteiger partial charge in [0, 0.05) is 29.6 Å². The molecule has 3 aromatic rings. The van der Waals surface area contributed by atoms with Crippen molar-refractivity contribution < 1.29 is 4.79 Å². The van der Waals surface area contributed by atoms with Gasteiger partial charge < -0.3 is 10.6 Å². The first-order chi connectivity index (χ1) is 12.6. The first-order valence-corrected chi connectivity index (χ1v) is 8.79. The smallest absolute Gasteiger partial charge is 0.257 e. The highest BCUT2D eigenvalue weighted by Gasteiger charge is 2.07. The Morgan fingerprint density at radius 2 is 1.85 bits per heavy atom. The SMILES string of the molecule is Cc1ccc(NC(=O)c2cncc(NCCc3cccc(Cl)c3)c2)cc1. The molecule has 2 aromatic carbocycles. The molecule has 0 saturated heterocycles. The van der Waals surface area contributed by atoms with Crippen molar-refractivity contribution in [2.45, 2.75) is 13.3 Å². The fraction of sp³-hybridized carbons (Fsp3) is 0.143. The van der Waals surface area contributed by atoms with Crippen molar-refractivity contribution in [2.24, 2.45) is 0 Å². The topological polar surface area (TPSA) is 54.0 Å².